The molecule has 1 fully saturated rings. The van der Waals surface area contributed by atoms with Crippen LogP contribution < -0.4 is 5.32 Å². The molecular formula is C18H20N4O2. The smallest absolute Gasteiger partial charge is 0.270 e. The minimum Gasteiger partial charge on any atom is -0.342 e. The fourth-order valence-electron chi connectivity index (χ4n) is 2.85. The van der Waals surface area contributed by atoms with Crippen molar-refractivity contribution in [3.05, 3.63) is 59.7 Å². The topological polar surface area (TPSA) is 75.2 Å². The van der Waals surface area contributed by atoms with Gasteiger partial charge in [-0.15, -0.1) is 0 Å². The summed E-state index contributed by atoms with van der Waals surface area (Å²) in [6, 6.07) is 11.0. The van der Waals surface area contributed by atoms with Crippen molar-refractivity contribution in [1.82, 2.24) is 20.2 Å². The summed E-state index contributed by atoms with van der Waals surface area (Å²) in [5.41, 5.74) is 1.30. The second-order valence-electron chi connectivity index (χ2n) is 5.87. The van der Waals surface area contributed by atoms with Gasteiger partial charge in [0, 0.05) is 25.7 Å². The first-order chi connectivity index (χ1) is 11.6. The number of likely N-dealkylation sites (tertiary alicyclic amines) is 1. The molecule has 6 nitrogen and oxygen atoms in total. The Balaban J connectivity index is 1.79. The van der Waals surface area contributed by atoms with Crippen molar-refractivity contribution < 1.29 is 9.59 Å². The van der Waals surface area contributed by atoms with Gasteiger partial charge in [-0.2, -0.15) is 0 Å². The van der Waals surface area contributed by atoms with Crippen LogP contribution in [0.3, 0.4) is 0 Å². The van der Waals surface area contributed by atoms with Crippen molar-refractivity contribution in [3.8, 4) is 0 Å². The van der Waals surface area contributed by atoms with Gasteiger partial charge in [0.25, 0.3) is 5.91 Å². The van der Waals surface area contributed by atoms with Crippen LogP contribution in [-0.4, -0.2) is 39.8 Å². The monoisotopic (exact) mass is 324 g/mol. The Morgan fingerprint density at radius 3 is 2.75 bits per heavy atom. The normalized spacial score (nSPS) is 15.4. The van der Waals surface area contributed by atoms with E-state index in [2.05, 4.69) is 15.3 Å². The Bertz CT molecular complexity index is 733. The van der Waals surface area contributed by atoms with Crippen LogP contribution in [0.4, 0.5) is 0 Å². The van der Waals surface area contributed by atoms with Gasteiger partial charge in [-0.05, 0) is 25.0 Å². The molecule has 1 aromatic carbocycles. The second-order valence-corrected chi connectivity index (χ2v) is 5.87. The van der Waals surface area contributed by atoms with E-state index in [0.29, 0.717) is 24.5 Å². The molecule has 2 heterocycles. The van der Waals surface area contributed by atoms with E-state index >= 15 is 0 Å². The minimum absolute atomic E-state index is 0.142. The molecule has 1 N–H and O–H groups in total. The number of carbonyl (C=O) groups is 2. The van der Waals surface area contributed by atoms with Crippen LogP contribution in [0, 0.1) is 6.92 Å². The molecule has 1 atom stereocenters. The Labute approximate surface area is 140 Å². The maximum Gasteiger partial charge on any atom is 0.270 e. The average Bonchev–Trinajstić information content (AvgIpc) is 3.00. The van der Waals surface area contributed by atoms with Gasteiger partial charge in [0.1, 0.15) is 11.5 Å². The van der Waals surface area contributed by atoms with Crippen LogP contribution in [0.25, 0.3) is 0 Å². The van der Waals surface area contributed by atoms with E-state index in [1.165, 1.54) is 0 Å². The molecule has 124 valence electrons. The van der Waals surface area contributed by atoms with Gasteiger partial charge in [0.2, 0.25) is 5.91 Å². The van der Waals surface area contributed by atoms with Crippen LogP contribution in [0.5, 0.6) is 0 Å². The van der Waals surface area contributed by atoms with Crippen LogP contribution in [0.2, 0.25) is 0 Å². The van der Waals surface area contributed by atoms with Crippen molar-refractivity contribution in [2.45, 2.75) is 25.8 Å². The van der Waals surface area contributed by atoms with Crippen LogP contribution in [0.15, 0.2) is 42.6 Å². The highest BCUT2D eigenvalue weighted by molar-refractivity contribution is 5.92. The Hall–Kier alpha value is -2.76. The summed E-state index contributed by atoms with van der Waals surface area (Å²) >= 11 is 0. The van der Waals surface area contributed by atoms with Gasteiger partial charge in [-0.25, -0.2) is 9.97 Å². The maximum absolute atomic E-state index is 12.5. The molecule has 2 amide bonds. The molecule has 1 aromatic heterocycles. The number of rotatable bonds is 5. The standard InChI is InChI=1S/C18H20N4O2/c1-13-19-10-9-15(20-13)18(24)21-16(14-6-3-2-4-7-14)12-22-11-5-8-17(22)23/h2-4,6-7,9-10,16H,5,8,11-12H2,1H3,(H,21,24)/t16-/m0/s1. The number of hydrogen-bond donors (Lipinski definition) is 1. The number of aromatic nitrogens is 2. The Morgan fingerprint density at radius 2 is 2.08 bits per heavy atom. The van der Waals surface area contributed by atoms with Crippen molar-refractivity contribution >= 4 is 11.8 Å². The van der Waals surface area contributed by atoms with E-state index in [0.717, 1.165) is 18.5 Å². The third-order valence-electron chi connectivity index (χ3n) is 4.09. The predicted molar refractivity (Wildman–Crippen MR) is 89.2 cm³/mol. The van der Waals surface area contributed by atoms with Gasteiger partial charge in [0.05, 0.1) is 6.04 Å². The molecule has 24 heavy (non-hydrogen) atoms. The van der Waals surface area contributed by atoms with E-state index in [-0.39, 0.29) is 17.9 Å². The van der Waals surface area contributed by atoms with Gasteiger partial charge in [-0.3, -0.25) is 9.59 Å². The average molecular weight is 324 g/mol. The zero-order valence-electron chi connectivity index (χ0n) is 13.6. The summed E-state index contributed by atoms with van der Waals surface area (Å²) in [4.78, 5) is 34.4. The molecule has 0 saturated carbocycles. The first kappa shape index (κ1) is 16.1. The molecule has 3 rings (SSSR count). The number of amides is 2. The van der Waals surface area contributed by atoms with E-state index in [4.69, 9.17) is 0 Å². The lowest BCUT2D eigenvalue weighted by molar-refractivity contribution is -0.128. The largest absolute Gasteiger partial charge is 0.342 e. The molecule has 0 unspecified atom stereocenters. The molecule has 1 aliphatic heterocycles. The quantitative estimate of drug-likeness (QED) is 0.911. The number of carbonyl (C=O) groups excluding carboxylic acids is 2. The van der Waals surface area contributed by atoms with Gasteiger partial charge < -0.3 is 10.2 Å². The molecule has 0 spiro atoms. The number of aryl methyl sites for hydroxylation is 1. The molecule has 0 aliphatic carbocycles. The fourth-order valence-corrected chi connectivity index (χ4v) is 2.85. The highest BCUT2D eigenvalue weighted by atomic mass is 16.2. The zero-order chi connectivity index (χ0) is 16.9. The molecule has 1 saturated heterocycles. The van der Waals surface area contributed by atoms with Crippen LogP contribution in [0.1, 0.15) is 40.8 Å². The molecule has 1 aliphatic rings. The number of benzene rings is 1. The lowest BCUT2D eigenvalue weighted by Crippen LogP contribution is -2.38. The Kier molecular flexibility index (Phi) is 4.84. The van der Waals surface area contributed by atoms with E-state index in [1.807, 2.05) is 35.2 Å². The van der Waals surface area contributed by atoms with Crippen LogP contribution in [-0.2, 0) is 4.79 Å². The summed E-state index contributed by atoms with van der Waals surface area (Å²) in [5, 5.41) is 3.00. The lowest BCUT2D eigenvalue weighted by Gasteiger charge is -2.25. The Morgan fingerprint density at radius 1 is 1.29 bits per heavy atom. The summed E-state index contributed by atoms with van der Waals surface area (Å²) in [7, 11) is 0. The lowest BCUT2D eigenvalue weighted by atomic mass is 10.1. The second kappa shape index (κ2) is 7.21. The summed E-state index contributed by atoms with van der Waals surface area (Å²) in [5.74, 6) is 0.428. The highest BCUT2D eigenvalue weighted by Gasteiger charge is 2.25. The van der Waals surface area contributed by atoms with Crippen molar-refractivity contribution in [1.29, 1.82) is 0 Å². The molecule has 0 radical (unpaired) electrons. The predicted octanol–water partition coefficient (Wildman–Crippen LogP) is 1.88. The summed E-state index contributed by atoms with van der Waals surface area (Å²) < 4.78 is 0. The minimum atomic E-state index is -0.268. The number of nitrogens with zero attached hydrogens (tertiary/aromatic N) is 3. The first-order valence-corrected chi connectivity index (χ1v) is 8.07. The number of hydrogen-bond acceptors (Lipinski definition) is 4. The first-order valence-electron chi connectivity index (χ1n) is 8.07. The molecule has 2 aromatic rings. The van der Waals surface area contributed by atoms with Crippen molar-refractivity contribution in [2.75, 3.05) is 13.1 Å². The van der Waals surface area contributed by atoms with Gasteiger partial charge in [-0.1, -0.05) is 30.3 Å². The third kappa shape index (κ3) is 3.76. The van der Waals surface area contributed by atoms with Crippen molar-refractivity contribution in [3.63, 3.8) is 0 Å². The number of nitrogens with one attached hydrogen (secondary N) is 1. The maximum atomic E-state index is 12.5. The molecule has 6 heteroatoms. The van der Waals surface area contributed by atoms with E-state index < -0.39 is 0 Å². The zero-order valence-corrected chi connectivity index (χ0v) is 13.6. The van der Waals surface area contributed by atoms with E-state index in [9.17, 15) is 9.59 Å². The third-order valence-corrected chi connectivity index (χ3v) is 4.09. The van der Waals surface area contributed by atoms with Crippen molar-refractivity contribution in [2.24, 2.45) is 0 Å². The fraction of sp³-hybridized carbons (Fsp3) is 0.333. The van der Waals surface area contributed by atoms with Crippen LogP contribution >= 0.6 is 0 Å². The summed E-state index contributed by atoms with van der Waals surface area (Å²) in [6.45, 7) is 2.96. The SMILES string of the molecule is Cc1nccc(C(=O)N[C@@H](CN2CCCC2=O)c2ccccc2)n1. The highest BCUT2D eigenvalue weighted by Crippen LogP contribution is 2.19. The van der Waals surface area contributed by atoms with E-state index in [1.54, 1.807) is 19.2 Å². The molecule has 0 bridgehead atoms. The van der Waals surface area contributed by atoms with Gasteiger partial charge in [0.15, 0.2) is 0 Å². The molecular weight excluding hydrogens is 304 g/mol. The summed E-state index contributed by atoms with van der Waals surface area (Å²) in [6.07, 6.45) is 3.03. The van der Waals surface area contributed by atoms with Gasteiger partial charge >= 0.3 is 0 Å².